The lowest BCUT2D eigenvalue weighted by molar-refractivity contribution is 0.0943. The van der Waals surface area contributed by atoms with Crippen molar-refractivity contribution in [1.29, 1.82) is 0 Å². The highest BCUT2D eigenvalue weighted by Crippen LogP contribution is 2.20. The van der Waals surface area contributed by atoms with Crippen LogP contribution in [0, 0.1) is 0 Å². The van der Waals surface area contributed by atoms with Gasteiger partial charge in [-0.1, -0.05) is 6.92 Å². The molecule has 0 bridgehead atoms. The molecule has 0 fully saturated rings. The van der Waals surface area contributed by atoms with E-state index in [1.165, 1.54) is 18.2 Å². The van der Waals surface area contributed by atoms with Crippen LogP contribution in [-0.4, -0.2) is 33.7 Å². The quantitative estimate of drug-likeness (QED) is 0.752. The van der Waals surface area contributed by atoms with Gasteiger partial charge in [0.05, 0.1) is 0 Å². The Morgan fingerprint density at radius 2 is 1.94 bits per heavy atom. The Balaban J connectivity index is 2.63. The Kier molecular flexibility index (Phi) is 5.15. The minimum Gasteiger partial charge on any atom is -0.508 e. The number of phenols is 2. The SMILES string of the molecule is CCSCC(C)NC(=O)c1cc(O)cc(O)c1. The van der Waals surface area contributed by atoms with Crippen molar-refractivity contribution in [3.8, 4) is 11.5 Å². The van der Waals surface area contributed by atoms with Crippen LogP contribution in [0.25, 0.3) is 0 Å². The summed E-state index contributed by atoms with van der Waals surface area (Å²) in [5.41, 5.74) is 0.260. The van der Waals surface area contributed by atoms with Crippen molar-refractivity contribution < 1.29 is 15.0 Å². The van der Waals surface area contributed by atoms with Crippen molar-refractivity contribution in [2.75, 3.05) is 11.5 Å². The van der Waals surface area contributed by atoms with Crippen LogP contribution in [0.3, 0.4) is 0 Å². The standard InChI is InChI=1S/C12H17NO3S/c1-3-17-7-8(2)13-12(16)9-4-10(14)6-11(15)5-9/h4-6,8,14-15H,3,7H2,1-2H3,(H,13,16). The molecule has 0 heterocycles. The summed E-state index contributed by atoms with van der Waals surface area (Å²) >= 11 is 1.75. The number of aromatic hydroxyl groups is 2. The van der Waals surface area contributed by atoms with E-state index in [-0.39, 0.29) is 29.0 Å². The monoisotopic (exact) mass is 255 g/mol. The number of hydrogen-bond donors (Lipinski definition) is 3. The maximum absolute atomic E-state index is 11.8. The molecule has 17 heavy (non-hydrogen) atoms. The van der Waals surface area contributed by atoms with Crippen LogP contribution in [0.5, 0.6) is 11.5 Å². The molecule has 0 aliphatic rings. The van der Waals surface area contributed by atoms with Gasteiger partial charge in [-0.2, -0.15) is 11.8 Å². The molecule has 0 spiro atoms. The molecule has 0 aromatic heterocycles. The predicted octanol–water partition coefficient (Wildman–Crippen LogP) is 1.97. The molecule has 1 rings (SSSR count). The molecule has 1 aromatic rings. The van der Waals surface area contributed by atoms with Crippen molar-refractivity contribution in [3.63, 3.8) is 0 Å². The third-order valence-electron chi connectivity index (χ3n) is 2.11. The number of amides is 1. The van der Waals surface area contributed by atoms with Crippen LogP contribution in [0.2, 0.25) is 0 Å². The van der Waals surface area contributed by atoms with E-state index in [0.717, 1.165) is 11.5 Å². The van der Waals surface area contributed by atoms with E-state index in [0.29, 0.717) is 0 Å². The normalized spacial score (nSPS) is 12.1. The van der Waals surface area contributed by atoms with E-state index in [4.69, 9.17) is 0 Å². The van der Waals surface area contributed by atoms with E-state index in [2.05, 4.69) is 12.2 Å². The fourth-order valence-corrected chi connectivity index (χ4v) is 2.04. The van der Waals surface area contributed by atoms with Gasteiger partial charge in [0, 0.05) is 23.4 Å². The Labute approximate surface area is 105 Å². The van der Waals surface area contributed by atoms with Gasteiger partial charge >= 0.3 is 0 Å². The third kappa shape index (κ3) is 4.56. The van der Waals surface area contributed by atoms with Crippen LogP contribution in [-0.2, 0) is 0 Å². The zero-order valence-electron chi connectivity index (χ0n) is 9.93. The van der Waals surface area contributed by atoms with E-state index in [9.17, 15) is 15.0 Å². The second-order valence-corrected chi connectivity index (χ2v) is 5.09. The van der Waals surface area contributed by atoms with E-state index < -0.39 is 0 Å². The minimum atomic E-state index is -0.291. The fourth-order valence-electron chi connectivity index (χ4n) is 1.37. The second kappa shape index (κ2) is 6.39. The van der Waals surface area contributed by atoms with Gasteiger partial charge in [0.25, 0.3) is 5.91 Å². The number of nitrogens with one attached hydrogen (secondary N) is 1. The summed E-state index contributed by atoms with van der Waals surface area (Å²) in [5, 5.41) is 21.4. The van der Waals surface area contributed by atoms with Crippen molar-refractivity contribution in [1.82, 2.24) is 5.32 Å². The highest BCUT2D eigenvalue weighted by Gasteiger charge is 2.11. The summed E-state index contributed by atoms with van der Waals surface area (Å²) in [7, 11) is 0. The van der Waals surface area contributed by atoms with Crippen LogP contribution in [0.1, 0.15) is 24.2 Å². The van der Waals surface area contributed by atoms with E-state index in [1.807, 2.05) is 6.92 Å². The first-order chi connectivity index (χ1) is 8.02. The average molecular weight is 255 g/mol. The molecular weight excluding hydrogens is 238 g/mol. The van der Waals surface area contributed by atoms with Gasteiger partial charge in [0.2, 0.25) is 0 Å². The molecule has 94 valence electrons. The summed E-state index contributed by atoms with van der Waals surface area (Å²) < 4.78 is 0. The second-order valence-electron chi connectivity index (χ2n) is 3.77. The van der Waals surface area contributed by atoms with Gasteiger partial charge in [0.1, 0.15) is 11.5 Å². The molecule has 0 saturated heterocycles. The number of phenolic OH excluding ortho intramolecular Hbond substituents is 2. The van der Waals surface area contributed by atoms with Gasteiger partial charge in [-0.05, 0) is 24.8 Å². The van der Waals surface area contributed by atoms with Crippen LogP contribution in [0.15, 0.2) is 18.2 Å². The first-order valence-electron chi connectivity index (χ1n) is 5.44. The van der Waals surface area contributed by atoms with Crippen molar-refractivity contribution in [2.24, 2.45) is 0 Å². The van der Waals surface area contributed by atoms with Crippen molar-refractivity contribution in [2.45, 2.75) is 19.9 Å². The lowest BCUT2D eigenvalue weighted by atomic mass is 10.2. The Bertz CT molecular complexity index is 375. The maximum Gasteiger partial charge on any atom is 0.251 e. The van der Waals surface area contributed by atoms with Gasteiger partial charge in [-0.15, -0.1) is 0 Å². The van der Waals surface area contributed by atoms with Gasteiger partial charge in [-0.25, -0.2) is 0 Å². The molecule has 0 saturated carbocycles. The lowest BCUT2D eigenvalue weighted by Gasteiger charge is -2.13. The number of carbonyl (C=O) groups excluding carboxylic acids is 1. The molecule has 1 amide bonds. The topological polar surface area (TPSA) is 69.6 Å². The molecule has 1 unspecified atom stereocenters. The summed E-state index contributed by atoms with van der Waals surface area (Å²) in [6.45, 7) is 3.98. The largest absolute Gasteiger partial charge is 0.508 e. The van der Waals surface area contributed by atoms with E-state index >= 15 is 0 Å². The molecule has 4 nitrogen and oxygen atoms in total. The first kappa shape index (κ1) is 13.7. The van der Waals surface area contributed by atoms with Crippen LogP contribution >= 0.6 is 11.8 Å². The predicted molar refractivity (Wildman–Crippen MR) is 69.7 cm³/mol. The Morgan fingerprint density at radius 3 is 2.47 bits per heavy atom. The highest BCUT2D eigenvalue weighted by atomic mass is 32.2. The molecule has 0 aliphatic carbocycles. The smallest absolute Gasteiger partial charge is 0.251 e. The van der Waals surface area contributed by atoms with Gasteiger partial charge in [0.15, 0.2) is 0 Å². The lowest BCUT2D eigenvalue weighted by Crippen LogP contribution is -2.34. The summed E-state index contributed by atoms with van der Waals surface area (Å²) in [4.78, 5) is 11.8. The summed E-state index contributed by atoms with van der Waals surface area (Å²) in [6.07, 6.45) is 0. The highest BCUT2D eigenvalue weighted by molar-refractivity contribution is 7.99. The minimum absolute atomic E-state index is 0.0527. The van der Waals surface area contributed by atoms with Gasteiger partial charge in [-0.3, -0.25) is 4.79 Å². The fraction of sp³-hybridized carbons (Fsp3) is 0.417. The molecular formula is C12H17NO3S. The Hall–Kier alpha value is -1.36. The Morgan fingerprint density at radius 1 is 1.35 bits per heavy atom. The zero-order valence-corrected chi connectivity index (χ0v) is 10.8. The van der Waals surface area contributed by atoms with Crippen molar-refractivity contribution in [3.05, 3.63) is 23.8 Å². The van der Waals surface area contributed by atoms with Crippen LogP contribution < -0.4 is 5.32 Å². The van der Waals surface area contributed by atoms with E-state index in [1.54, 1.807) is 11.8 Å². The first-order valence-corrected chi connectivity index (χ1v) is 6.60. The maximum atomic E-state index is 11.8. The summed E-state index contributed by atoms with van der Waals surface area (Å²) in [6, 6.07) is 3.90. The number of thioether (sulfide) groups is 1. The van der Waals surface area contributed by atoms with Gasteiger partial charge < -0.3 is 15.5 Å². The number of carbonyl (C=O) groups is 1. The summed E-state index contributed by atoms with van der Waals surface area (Å²) in [5.74, 6) is 1.32. The molecule has 0 radical (unpaired) electrons. The zero-order chi connectivity index (χ0) is 12.8. The number of rotatable bonds is 5. The molecule has 1 aromatic carbocycles. The average Bonchev–Trinajstić information content (AvgIpc) is 2.25. The van der Waals surface area contributed by atoms with Crippen molar-refractivity contribution >= 4 is 17.7 Å². The molecule has 3 N–H and O–H groups in total. The molecule has 5 heteroatoms. The third-order valence-corrected chi connectivity index (χ3v) is 3.26. The molecule has 0 aliphatic heterocycles. The van der Waals surface area contributed by atoms with Crippen LogP contribution in [0.4, 0.5) is 0 Å². The number of benzene rings is 1. The molecule has 1 atom stereocenters. The number of hydrogen-bond acceptors (Lipinski definition) is 4.